The van der Waals surface area contributed by atoms with Crippen molar-refractivity contribution in [2.24, 2.45) is 0 Å². The van der Waals surface area contributed by atoms with Crippen molar-refractivity contribution >= 4 is 12.1 Å². The summed E-state index contributed by atoms with van der Waals surface area (Å²) in [4.78, 5) is 50.4. The highest BCUT2D eigenvalue weighted by atomic mass is 16.6. The Morgan fingerprint density at radius 1 is 1.00 bits per heavy atom. The quantitative estimate of drug-likeness (QED) is 0.419. The Balaban J connectivity index is 3.63. The van der Waals surface area contributed by atoms with Crippen LogP contribution in [0.3, 0.4) is 0 Å². The number of esters is 1. The average Bonchev–Trinajstić information content (AvgIpc) is 2.50. The van der Waals surface area contributed by atoms with E-state index in [0.29, 0.717) is 0 Å². The van der Waals surface area contributed by atoms with Gasteiger partial charge < -0.3 is 19.5 Å². The predicted octanol–water partition coefficient (Wildman–Crippen LogP) is 2.71. The van der Waals surface area contributed by atoms with E-state index in [1.807, 2.05) is 0 Å². The van der Waals surface area contributed by atoms with Gasteiger partial charge >= 0.3 is 12.1 Å². The van der Waals surface area contributed by atoms with Gasteiger partial charge in [0.25, 0.3) is 5.43 Å². The molecular formula is C21H31NO7. The van der Waals surface area contributed by atoms with Gasteiger partial charge in [0.1, 0.15) is 11.2 Å². The molecular weight excluding hydrogens is 378 g/mol. The zero-order valence-corrected chi connectivity index (χ0v) is 18.4. The molecule has 0 saturated carbocycles. The SMILES string of the molecule is C=CCC(NC(=O)OC(C)(C)C)(C(=O)OC(C)(C)C)c1c(OC(C)C)c(=O)c1=O. The number of carbonyl (C=O) groups is 2. The van der Waals surface area contributed by atoms with Crippen molar-refractivity contribution in [3.8, 4) is 5.75 Å². The molecule has 0 radical (unpaired) electrons. The van der Waals surface area contributed by atoms with Crippen molar-refractivity contribution in [1.29, 1.82) is 0 Å². The third-order valence-corrected chi connectivity index (χ3v) is 3.56. The van der Waals surface area contributed by atoms with Gasteiger partial charge in [-0.1, -0.05) is 6.08 Å². The van der Waals surface area contributed by atoms with E-state index < -0.39 is 45.8 Å². The van der Waals surface area contributed by atoms with Crippen LogP contribution >= 0.6 is 0 Å². The van der Waals surface area contributed by atoms with Crippen LogP contribution in [0.25, 0.3) is 0 Å². The van der Waals surface area contributed by atoms with Gasteiger partial charge in [-0.05, 0) is 55.4 Å². The molecule has 1 atom stereocenters. The van der Waals surface area contributed by atoms with Crippen molar-refractivity contribution in [2.45, 2.75) is 84.7 Å². The number of nitrogens with one attached hydrogen (secondary N) is 1. The fourth-order valence-electron chi connectivity index (χ4n) is 2.62. The molecule has 1 unspecified atom stereocenters. The van der Waals surface area contributed by atoms with Crippen LogP contribution in [-0.2, 0) is 19.8 Å². The number of ether oxygens (including phenoxy) is 3. The second-order valence-corrected chi connectivity index (χ2v) is 9.06. The summed E-state index contributed by atoms with van der Waals surface area (Å²) >= 11 is 0. The Labute approximate surface area is 170 Å². The molecule has 1 amide bonds. The molecule has 8 nitrogen and oxygen atoms in total. The number of alkyl carbamates (subject to hydrolysis) is 1. The first kappa shape index (κ1) is 24.4. The van der Waals surface area contributed by atoms with Crippen LogP contribution in [0.2, 0.25) is 0 Å². The first-order valence-corrected chi connectivity index (χ1v) is 9.40. The molecule has 0 fully saturated rings. The minimum Gasteiger partial charge on any atom is -0.486 e. The second kappa shape index (κ2) is 8.39. The van der Waals surface area contributed by atoms with Gasteiger partial charge in [-0.15, -0.1) is 6.58 Å². The molecule has 1 aromatic rings. The number of amides is 1. The van der Waals surface area contributed by atoms with E-state index in [0.717, 1.165) is 0 Å². The maximum atomic E-state index is 13.2. The van der Waals surface area contributed by atoms with Crippen LogP contribution in [0.1, 0.15) is 67.4 Å². The summed E-state index contributed by atoms with van der Waals surface area (Å²) < 4.78 is 16.2. The van der Waals surface area contributed by atoms with Gasteiger partial charge in [0.2, 0.25) is 5.43 Å². The number of hydrogen-bond acceptors (Lipinski definition) is 7. The molecule has 0 aliphatic rings. The van der Waals surface area contributed by atoms with Crippen LogP contribution in [0.4, 0.5) is 4.79 Å². The smallest absolute Gasteiger partial charge is 0.408 e. The molecule has 0 spiro atoms. The van der Waals surface area contributed by atoms with Crippen molar-refractivity contribution in [3.05, 3.63) is 38.7 Å². The summed E-state index contributed by atoms with van der Waals surface area (Å²) in [6.07, 6.45) is -0.245. The highest BCUT2D eigenvalue weighted by molar-refractivity contribution is 5.89. The lowest BCUT2D eigenvalue weighted by Gasteiger charge is -2.36. The third-order valence-electron chi connectivity index (χ3n) is 3.56. The molecule has 0 aromatic heterocycles. The predicted molar refractivity (Wildman–Crippen MR) is 109 cm³/mol. The Kier molecular flexibility index (Phi) is 7.06. The van der Waals surface area contributed by atoms with E-state index in [1.54, 1.807) is 55.4 Å². The summed E-state index contributed by atoms with van der Waals surface area (Å²) in [5.41, 5.74) is -5.84. The molecule has 0 aliphatic heterocycles. The summed E-state index contributed by atoms with van der Waals surface area (Å²) in [6.45, 7) is 16.8. The summed E-state index contributed by atoms with van der Waals surface area (Å²) in [7, 11) is 0. The molecule has 1 rings (SSSR count). The molecule has 0 bridgehead atoms. The van der Waals surface area contributed by atoms with Gasteiger partial charge in [-0.2, -0.15) is 0 Å². The Hall–Kier alpha value is -2.64. The summed E-state index contributed by atoms with van der Waals surface area (Å²) in [6, 6.07) is 0. The monoisotopic (exact) mass is 409 g/mol. The maximum absolute atomic E-state index is 13.2. The van der Waals surface area contributed by atoms with E-state index in [4.69, 9.17) is 14.2 Å². The van der Waals surface area contributed by atoms with E-state index in [9.17, 15) is 19.2 Å². The lowest BCUT2D eigenvalue weighted by atomic mass is 9.82. The zero-order valence-electron chi connectivity index (χ0n) is 18.4. The molecule has 8 heteroatoms. The van der Waals surface area contributed by atoms with Crippen molar-refractivity contribution in [1.82, 2.24) is 5.32 Å². The third kappa shape index (κ3) is 5.92. The fraction of sp³-hybridized carbons (Fsp3) is 0.619. The van der Waals surface area contributed by atoms with Gasteiger partial charge in [0.15, 0.2) is 11.3 Å². The minimum absolute atomic E-state index is 0.208. The van der Waals surface area contributed by atoms with Gasteiger partial charge in [-0.3, -0.25) is 9.59 Å². The number of hydrogen-bond donors (Lipinski definition) is 1. The normalized spacial score (nSPS) is 14.2. The molecule has 29 heavy (non-hydrogen) atoms. The highest BCUT2D eigenvalue weighted by Gasteiger charge is 2.51. The Bertz CT molecular complexity index is 848. The topological polar surface area (TPSA) is 108 Å². The maximum Gasteiger partial charge on any atom is 0.408 e. The number of carbonyl (C=O) groups excluding carboxylic acids is 2. The largest absolute Gasteiger partial charge is 0.486 e. The number of rotatable bonds is 7. The van der Waals surface area contributed by atoms with Crippen LogP contribution in [-0.4, -0.2) is 29.4 Å². The van der Waals surface area contributed by atoms with E-state index in [2.05, 4.69) is 11.9 Å². The second-order valence-electron chi connectivity index (χ2n) is 9.06. The Morgan fingerprint density at radius 2 is 1.52 bits per heavy atom. The van der Waals surface area contributed by atoms with Gasteiger partial charge in [0, 0.05) is 6.42 Å². The first-order valence-electron chi connectivity index (χ1n) is 9.40. The zero-order chi connectivity index (χ0) is 22.8. The van der Waals surface area contributed by atoms with Gasteiger partial charge in [-0.25, -0.2) is 9.59 Å². The van der Waals surface area contributed by atoms with Crippen LogP contribution in [0.5, 0.6) is 5.75 Å². The van der Waals surface area contributed by atoms with Crippen molar-refractivity contribution < 1.29 is 23.8 Å². The molecule has 0 heterocycles. The van der Waals surface area contributed by atoms with Crippen molar-refractivity contribution in [3.63, 3.8) is 0 Å². The fourth-order valence-corrected chi connectivity index (χ4v) is 2.62. The lowest BCUT2D eigenvalue weighted by Crippen LogP contribution is -2.60. The first-order chi connectivity index (χ1) is 13.0. The molecule has 0 saturated heterocycles. The Morgan fingerprint density at radius 3 is 1.93 bits per heavy atom. The summed E-state index contributed by atoms with van der Waals surface area (Å²) in [5.74, 6) is -1.19. The summed E-state index contributed by atoms with van der Waals surface area (Å²) in [5, 5.41) is 2.45. The molecule has 1 aromatic carbocycles. The standard InChI is InChI=1S/C21H31NO7/c1-10-11-21(17(25)28-19(4,5)6,22-18(26)29-20(7,8)9)13-14(23)15(24)16(13)27-12(2)3/h10,12H,1,11H2,2-9H3,(H,22,26). The van der Waals surface area contributed by atoms with Crippen LogP contribution in [0, 0.1) is 0 Å². The van der Waals surface area contributed by atoms with Crippen molar-refractivity contribution in [2.75, 3.05) is 0 Å². The van der Waals surface area contributed by atoms with E-state index in [-0.39, 0.29) is 17.7 Å². The molecule has 1 N–H and O–H groups in total. The highest BCUT2D eigenvalue weighted by Crippen LogP contribution is 2.34. The van der Waals surface area contributed by atoms with Gasteiger partial charge in [0.05, 0.1) is 11.7 Å². The lowest BCUT2D eigenvalue weighted by molar-refractivity contribution is -0.164. The van der Waals surface area contributed by atoms with Crippen LogP contribution < -0.4 is 20.9 Å². The molecule has 162 valence electrons. The van der Waals surface area contributed by atoms with E-state index in [1.165, 1.54) is 6.08 Å². The average molecular weight is 409 g/mol. The van der Waals surface area contributed by atoms with E-state index >= 15 is 0 Å². The minimum atomic E-state index is -2.01. The molecule has 0 aliphatic carbocycles. The van der Waals surface area contributed by atoms with Crippen LogP contribution in [0.15, 0.2) is 22.2 Å².